The topological polar surface area (TPSA) is 9.23 Å². The van der Waals surface area contributed by atoms with Crippen molar-refractivity contribution in [3.05, 3.63) is 0 Å². The highest BCUT2D eigenvalue weighted by molar-refractivity contribution is 7.95. The van der Waals surface area contributed by atoms with Gasteiger partial charge in [-0.05, 0) is 13.3 Å². The van der Waals surface area contributed by atoms with Gasteiger partial charge >= 0.3 is 11.7 Å². The maximum absolute atomic E-state index is 11.6. The lowest BCUT2D eigenvalue weighted by Gasteiger charge is -2.13. The van der Waals surface area contributed by atoms with E-state index in [4.69, 9.17) is 0 Å². The Morgan fingerprint density at radius 1 is 1.14 bits per heavy atom. The van der Waals surface area contributed by atoms with Crippen molar-refractivity contribution in [2.45, 2.75) is 37.6 Å². The minimum Gasteiger partial charge on any atom is -0.305 e. The SMILES string of the molecule is CC(CCC(F)(F)F)OSC(F)(F)F. The lowest BCUT2D eigenvalue weighted by atomic mass is 10.2. The first-order chi connectivity index (χ1) is 6.10. The van der Waals surface area contributed by atoms with Gasteiger partial charge in [-0.2, -0.15) is 26.3 Å². The highest BCUT2D eigenvalue weighted by Gasteiger charge is 2.32. The van der Waals surface area contributed by atoms with Crippen LogP contribution in [0.2, 0.25) is 0 Å². The molecule has 0 fully saturated rings. The van der Waals surface area contributed by atoms with Crippen molar-refractivity contribution < 1.29 is 30.5 Å². The van der Waals surface area contributed by atoms with Gasteiger partial charge in [0.1, 0.15) is 12.0 Å². The van der Waals surface area contributed by atoms with Crippen LogP contribution in [0.3, 0.4) is 0 Å². The first-order valence-corrected chi connectivity index (χ1v) is 4.32. The minimum absolute atomic E-state index is 0.480. The average molecular weight is 242 g/mol. The number of rotatable bonds is 4. The van der Waals surface area contributed by atoms with E-state index < -0.39 is 42.7 Å². The molecule has 0 rings (SSSR count). The Labute approximate surface area is 81.0 Å². The third-order valence-corrected chi connectivity index (χ3v) is 1.75. The van der Waals surface area contributed by atoms with Crippen LogP contribution in [0.15, 0.2) is 0 Å². The summed E-state index contributed by atoms with van der Waals surface area (Å²) in [6, 6.07) is 0. The van der Waals surface area contributed by atoms with E-state index in [0.29, 0.717) is 0 Å². The molecule has 0 aliphatic heterocycles. The lowest BCUT2D eigenvalue weighted by molar-refractivity contribution is -0.138. The van der Waals surface area contributed by atoms with Crippen molar-refractivity contribution in [3.8, 4) is 0 Å². The second-order valence-electron chi connectivity index (χ2n) is 2.59. The van der Waals surface area contributed by atoms with E-state index in [-0.39, 0.29) is 0 Å². The largest absolute Gasteiger partial charge is 0.467 e. The minimum atomic E-state index is -4.58. The van der Waals surface area contributed by atoms with E-state index in [1.165, 1.54) is 0 Å². The normalized spacial score (nSPS) is 15.6. The quantitative estimate of drug-likeness (QED) is 0.546. The molecule has 1 nitrogen and oxygen atoms in total. The van der Waals surface area contributed by atoms with Gasteiger partial charge in [0, 0.05) is 6.42 Å². The van der Waals surface area contributed by atoms with Crippen LogP contribution in [-0.4, -0.2) is 17.8 Å². The first-order valence-electron chi connectivity index (χ1n) is 3.58. The van der Waals surface area contributed by atoms with Crippen molar-refractivity contribution in [1.29, 1.82) is 0 Å². The maximum Gasteiger partial charge on any atom is 0.467 e. The average Bonchev–Trinajstić information content (AvgIpc) is 1.94. The fourth-order valence-corrected chi connectivity index (χ4v) is 0.921. The van der Waals surface area contributed by atoms with Crippen molar-refractivity contribution >= 4 is 12.0 Å². The van der Waals surface area contributed by atoms with Gasteiger partial charge < -0.3 is 4.18 Å². The number of halogens is 6. The van der Waals surface area contributed by atoms with Gasteiger partial charge in [-0.25, -0.2) is 0 Å². The number of hydrogen-bond donors (Lipinski definition) is 0. The zero-order valence-electron chi connectivity index (χ0n) is 7.08. The molecule has 0 amide bonds. The van der Waals surface area contributed by atoms with E-state index >= 15 is 0 Å². The zero-order chi connectivity index (χ0) is 11.4. The van der Waals surface area contributed by atoms with Crippen LogP contribution in [0.4, 0.5) is 26.3 Å². The van der Waals surface area contributed by atoms with Crippen molar-refractivity contribution in [3.63, 3.8) is 0 Å². The summed E-state index contributed by atoms with van der Waals surface area (Å²) in [5.74, 6) is 0. The summed E-state index contributed by atoms with van der Waals surface area (Å²) in [6.07, 6.45) is -7.07. The number of hydrogen-bond acceptors (Lipinski definition) is 2. The Morgan fingerprint density at radius 2 is 1.64 bits per heavy atom. The summed E-state index contributed by atoms with van der Waals surface area (Å²) in [5.41, 5.74) is -4.58. The second-order valence-corrected chi connectivity index (χ2v) is 3.41. The highest BCUT2D eigenvalue weighted by atomic mass is 32.2. The molecule has 8 heteroatoms. The molecule has 14 heavy (non-hydrogen) atoms. The first kappa shape index (κ1) is 13.9. The van der Waals surface area contributed by atoms with Gasteiger partial charge in [-0.15, -0.1) is 0 Å². The highest BCUT2D eigenvalue weighted by Crippen LogP contribution is 2.33. The van der Waals surface area contributed by atoms with Crippen LogP contribution in [0.1, 0.15) is 19.8 Å². The van der Waals surface area contributed by atoms with Crippen LogP contribution in [0, 0.1) is 0 Å². The van der Waals surface area contributed by atoms with Gasteiger partial charge in [-0.3, -0.25) is 0 Å². The molecule has 0 bridgehead atoms. The molecule has 0 aliphatic rings. The Balaban J connectivity index is 3.62. The molecule has 0 aromatic heterocycles. The van der Waals surface area contributed by atoms with Gasteiger partial charge in [-0.1, -0.05) is 0 Å². The molecular formula is C6H8F6OS. The predicted molar refractivity (Wildman–Crippen MR) is 39.5 cm³/mol. The molecule has 0 heterocycles. The van der Waals surface area contributed by atoms with E-state index in [9.17, 15) is 26.3 Å². The van der Waals surface area contributed by atoms with Crippen LogP contribution >= 0.6 is 12.0 Å². The molecule has 0 N–H and O–H groups in total. The van der Waals surface area contributed by atoms with Crippen LogP contribution in [0.25, 0.3) is 0 Å². The van der Waals surface area contributed by atoms with Crippen molar-refractivity contribution in [2.75, 3.05) is 0 Å². The molecule has 0 aliphatic carbocycles. The molecule has 0 radical (unpaired) electrons. The maximum atomic E-state index is 11.6. The van der Waals surface area contributed by atoms with Crippen LogP contribution in [-0.2, 0) is 4.18 Å². The molecule has 86 valence electrons. The van der Waals surface area contributed by atoms with Gasteiger partial charge in [0.25, 0.3) is 0 Å². The molecule has 0 spiro atoms. The fourth-order valence-electron chi connectivity index (χ4n) is 0.552. The Bertz CT molecular complexity index is 147. The van der Waals surface area contributed by atoms with Gasteiger partial charge in [0.05, 0.1) is 6.10 Å². The summed E-state index contributed by atoms with van der Waals surface area (Å²) in [6.45, 7) is 1.16. The molecule has 1 unspecified atom stereocenters. The third-order valence-electron chi connectivity index (χ3n) is 1.14. The second kappa shape index (κ2) is 5.11. The molecule has 0 saturated heterocycles. The smallest absolute Gasteiger partial charge is 0.305 e. The molecule has 0 aromatic rings. The molecular weight excluding hydrogens is 234 g/mol. The summed E-state index contributed by atoms with van der Waals surface area (Å²) in [4.78, 5) is 0. The molecule has 0 saturated carbocycles. The molecule has 0 aromatic carbocycles. The van der Waals surface area contributed by atoms with E-state index in [1.807, 2.05) is 0 Å². The standard InChI is InChI=1S/C6H8F6OS/c1-4(2-3-5(7,8)9)13-14-6(10,11)12/h4H,2-3H2,1H3. The van der Waals surface area contributed by atoms with E-state index in [2.05, 4.69) is 4.18 Å². The van der Waals surface area contributed by atoms with Gasteiger partial charge in [0.2, 0.25) is 0 Å². The predicted octanol–water partition coefficient (Wildman–Crippen LogP) is 3.90. The Kier molecular flexibility index (Phi) is 5.07. The Hall–Kier alpha value is -0.110. The van der Waals surface area contributed by atoms with E-state index in [0.717, 1.165) is 6.92 Å². The van der Waals surface area contributed by atoms with Gasteiger partial charge in [0.15, 0.2) is 0 Å². The summed E-state index contributed by atoms with van der Waals surface area (Å²) in [5, 5.41) is 0. The summed E-state index contributed by atoms with van der Waals surface area (Å²) >= 11 is -0.775. The monoisotopic (exact) mass is 242 g/mol. The summed E-state index contributed by atoms with van der Waals surface area (Å²) < 4.78 is 73.4. The van der Waals surface area contributed by atoms with E-state index in [1.54, 1.807) is 0 Å². The lowest BCUT2D eigenvalue weighted by Crippen LogP contribution is -2.14. The Morgan fingerprint density at radius 3 is 2.00 bits per heavy atom. The van der Waals surface area contributed by atoms with Crippen LogP contribution < -0.4 is 0 Å². The zero-order valence-corrected chi connectivity index (χ0v) is 7.89. The fraction of sp³-hybridized carbons (Fsp3) is 1.00. The molecule has 1 atom stereocenters. The van der Waals surface area contributed by atoms with Crippen molar-refractivity contribution in [1.82, 2.24) is 0 Å². The third kappa shape index (κ3) is 9.97. The van der Waals surface area contributed by atoms with Crippen LogP contribution in [0.5, 0.6) is 0 Å². The number of alkyl halides is 6. The summed E-state index contributed by atoms with van der Waals surface area (Å²) in [7, 11) is 0. The van der Waals surface area contributed by atoms with Crippen molar-refractivity contribution in [2.24, 2.45) is 0 Å².